The maximum Gasteiger partial charge on any atom is 0.475 e. The highest BCUT2D eigenvalue weighted by molar-refractivity contribution is 6.43. The summed E-state index contributed by atoms with van der Waals surface area (Å²) in [6.45, 7) is 6.05. The Balaban J connectivity index is 1.34. The van der Waals surface area contributed by atoms with E-state index in [0.29, 0.717) is 31.8 Å². The SMILES string of the molecule is CC(CC1(C)CCOCC1)C(C#N)C(=O)N1CCCC[C@@H]1COC(=O)N[C@@H](Cc1coc2ccccc12)B(O)O. The smallest absolute Gasteiger partial charge is 0.464 e. The van der Waals surface area contributed by atoms with Gasteiger partial charge in [-0.2, -0.15) is 5.26 Å². The number of nitrogens with one attached hydrogen (secondary N) is 1. The average Bonchev–Trinajstić information content (AvgIpc) is 3.35. The number of hydrogen-bond donors (Lipinski definition) is 3. The van der Waals surface area contributed by atoms with E-state index in [1.165, 1.54) is 6.26 Å². The number of nitrogens with zero attached hydrogens (tertiary/aromatic N) is 2. The molecule has 10 nitrogen and oxygen atoms in total. The van der Waals surface area contributed by atoms with E-state index in [1.54, 1.807) is 4.90 Å². The molecule has 216 valence electrons. The van der Waals surface area contributed by atoms with Crippen LogP contribution in [0.4, 0.5) is 4.79 Å². The topological polar surface area (TPSA) is 145 Å². The van der Waals surface area contributed by atoms with Gasteiger partial charge in [-0.05, 0) is 67.9 Å². The van der Waals surface area contributed by atoms with Gasteiger partial charge < -0.3 is 34.2 Å². The fourth-order valence-electron chi connectivity index (χ4n) is 6.06. The Kier molecular flexibility index (Phi) is 10.1. The van der Waals surface area contributed by atoms with Crippen LogP contribution in [0, 0.1) is 28.6 Å². The van der Waals surface area contributed by atoms with E-state index in [-0.39, 0.29) is 36.3 Å². The zero-order chi connectivity index (χ0) is 28.7. The number of benzene rings is 1. The van der Waals surface area contributed by atoms with Gasteiger partial charge in [0, 0.05) is 25.1 Å². The molecule has 0 radical (unpaired) electrons. The van der Waals surface area contributed by atoms with Crippen LogP contribution < -0.4 is 5.32 Å². The highest BCUT2D eigenvalue weighted by Crippen LogP contribution is 2.39. The first-order valence-corrected chi connectivity index (χ1v) is 14.2. The van der Waals surface area contributed by atoms with Gasteiger partial charge in [0.2, 0.25) is 5.91 Å². The zero-order valence-corrected chi connectivity index (χ0v) is 23.4. The second-order valence-electron chi connectivity index (χ2n) is 11.6. The number of furan rings is 1. The van der Waals surface area contributed by atoms with Gasteiger partial charge in [0.25, 0.3) is 0 Å². The van der Waals surface area contributed by atoms with Crippen LogP contribution >= 0.6 is 0 Å². The maximum atomic E-state index is 13.6. The first-order valence-electron chi connectivity index (χ1n) is 14.2. The molecule has 4 rings (SSSR count). The molecule has 2 unspecified atom stereocenters. The number of para-hydroxylation sites is 1. The van der Waals surface area contributed by atoms with Gasteiger partial charge in [0.05, 0.1) is 24.3 Å². The monoisotopic (exact) mass is 553 g/mol. The van der Waals surface area contributed by atoms with Gasteiger partial charge >= 0.3 is 13.2 Å². The standard InChI is InChI=1S/C29H40BN3O7/c1-20(16-29(2)10-13-38-14-11-29)24(17-31)27(34)33-12-6-5-7-22(33)19-40-28(35)32-26(30(36)37)15-21-18-39-25-9-4-3-8-23(21)25/h3-4,8-9,18,20,22,24,26,36-37H,5-7,10-16,19H2,1-2H3,(H,32,35)/t20?,22-,24?,26+/m1/s1. The molecule has 3 heterocycles. The minimum absolute atomic E-state index is 0.0396. The molecule has 2 saturated heterocycles. The Morgan fingerprint density at radius 3 is 2.75 bits per heavy atom. The highest BCUT2D eigenvalue weighted by atomic mass is 16.5. The number of amides is 2. The minimum Gasteiger partial charge on any atom is -0.464 e. The highest BCUT2D eigenvalue weighted by Gasteiger charge is 2.38. The molecule has 1 aromatic carbocycles. The summed E-state index contributed by atoms with van der Waals surface area (Å²) >= 11 is 0. The fourth-order valence-corrected chi connectivity index (χ4v) is 6.06. The number of nitriles is 1. The van der Waals surface area contributed by atoms with Crippen molar-refractivity contribution in [2.24, 2.45) is 17.3 Å². The number of hydrogen-bond acceptors (Lipinski definition) is 8. The molecule has 40 heavy (non-hydrogen) atoms. The molecule has 0 aliphatic carbocycles. The second-order valence-corrected chi connectivity index (χ2v) is 11.6. The van der Waals surface area contributed by atoms with Crippen LogP contribution in [0.1, 0.15) is 57.9 Å². The number of rotatable bonds is 10. The van der Waals surface area contributed by atoms with Gasteiger partial charge in [-0.25, -0.2) is 4.79 Å². The molecule has 3 N–H and O–H groups in total. The van der Waals surface area contributed by atoms with Crippen LogP contribution in [0.25, 0.3) is 11.0 Å². The van der Waals surface area contributed by atoms with Crippen LogP contribution in [0.15, 0.2) is 34.9 Å². The predicted octanol–water partition coefficient (Wildman–Crippen LogP) is 3.45. The molecule has 2 aliphatic heterocycles. The number of piperidine rings is 1. The molecule has 1 aromatic heterocycles. The van der Waals surface area contributed by atoms with E-state index < -0.39 is 25.1 Å². The van der Waals surface area contributed by atoms with Crippen LogP contribution in [-0.4, -0.2) is 72.4 Å². The zero-order valence-electron chi connectivity index (χ0n) is 23.4. The minimum atomic E-state index is -1.82. The predicted molar refractivity (Wildman–Crippen MR) is 149 cm³/mol. The first kappa shape index (κ1) is 29.9. The molecular formula is C29H40BN3O7. The quantitative estimate of drug-likeness (QED) is 0.380. The van der Waals surface area contributed by atoms with Crippen molar-refractivity contribution in [3.05, 3.63) is 36.1 Å². The molecule has 2 fully saturated rings. The molecule has 2 amide bonds. The fraction of sp³-hybridized carbons (Fsp3) is 0.621. The number of alkyl carbamates (subject to hydrolysis) is 1. The van der Waals surface area contributed by atoms with Crippen molar-refractivity contribution in [2.45, 2.75) is 70.8 Å². The summed E-state index contributed by atoms with van der Waals surface area (Å²) in [5.41, 5.74) is 1.44. The molecule has 0 bridgehead atoms. The summed E-state index contributed by atoms with van der Waals surface area (Å²) in [4.78, 5) is 27.9. The molecule has 0 spiro atoms. The van der Waals surface area contributed by atoms with E-state index in [2.05, 4.69) is 18.3 Å². The maximum absolute atomic E-state index is 13.6. The number of likely N-dealkylation sites (tertiary alicyclic amines) is 1. The molecular weight excluding hydrogens is 513 g/mol. The number of fused-ring (bicyclic) bond motifs is 1. The summed E-state index contributed by atoms with van der Waals surface area (Å²) < 4.78 is 16.5. The second kappa shape index (κ2) is 13.5. The summed E-state index contributed by atoms with van der Waals surface area (Å²) in [6, 6.07) is 9.28. The lowest BCUT2D eigenvalue weighted by Gasteiger charge is -2.39. The van der Waals surface area contributed by atoms with Gasteiger partial charge in [0.1, 0.15) is 18.1 Å². The van der Waals surface area contributed by atoms with Crippen LogP contribution in [0.3, 0.4) is 0 Å². The van der Waals surface area contributed by atoms with Crippen molar-refractivity contribution >= 4 is 30.1 Å². The number of carbonyl (C=O) groups is 2. The van der Waals surface area contributed by atoms with Gasteiger partial charge in [-0.3, -0.25) is 4.79 Å². The van der Waals surface area contributed by atoms with E-state index in [1.807, 2.05) is 31.2 Å². The molecule has 4 atom stereocenters. The van der Waals surface area contributed by atoms with E-state index in [0.717, 1.165) is 43.1 Å². The molecule has 0 saturated carbocycles. The van der Waals surface area contributed by atoms with Crippen LogP contribution in [0.5, 0.6) is 0 Å². The van der Waals surface area contributed by atoms with Crippen molar-refractivity contribution in [1.29, 1.82) is 5.26 Å². The van der Waals surface area contributed by atoms with Crippen molar-refractivity contribution in [2.75, 3.05) is 26.4 Å². The summed E-state index contributed by atoms with van der Waals surface area (Å²) in [6.07, 6.45) is 5.84. The number of carbonyl (C=O) groups excluding carboxylic acids is 2. The molecule has 2 aliphatic rings. The van der Waals surface area contributed by atoms with Gasteiger partial charge in [-0.1, -0.05) is 32.0 Å². The normalized spacial score (nSPS) is 21.2. The largest absolute Gasteiger partial charge is 0.475 e. The van der Waals surface area contributed by atoms with E-state index >= 15 is 0 Å². The summed E-state index contributed by atoms with van der Waals surface area (Å²) in [5, 5.41) is 33.1. The van der Waals surface area contributed by atoms with Crippen LogP contribution in [-0.2, 0) is 20.7 Å². The Bertz CT molecular complexity index is 1190. The van der Waals surface area contributed by atoms with Crippen molar-refractivity contribution in [3.8, 4) is 6.07 Å². The van der Waals surface area contributed by atoms with Crippen molar-refractivity contribution in [3.63, 3.8) is 0 Å². The third-order valence-corrected chi connectivity index (χ3v) is 8.47. The lowest BCUT2D eigenvalue weighted by molar-refractivity contribution is -0.140. The average molecular weight is 553 g/mol. The lowest BCUT2D eigenvalue weighted by Crippen LogP contribution is -2.51. The summed E-state index contributed by atoms with van der Waals surface area (Å²) in [5.74, 6) is -2.12. The van der Waals surface area contributed by atoms with Crippen molar-refractivity contribution in [1.82, 2.24) is 10.2 Å². The third kappa shape index (κ3) is 7.36. The van der Waals surface area contributed by atoms with E-state index in [9.17, 15) is 24.9 Å². The molecule has 11 heteroatoms. The van der Waals surface area contributed by atoms with Crippen molar-refractivity contribution < 1.29 is 33.5 Å². The lowest BCUT2D eigenvalue weighted by atomic mass is 9.72. The van der Waals surface area contributed by atoms with Gasteiger partial charge in [0.15, 0.2) is 0 Å². The Labute approximate surface area is 235 Å². The first-order chi connectivity index (χ1) is 19.2. The van der Waals surface area contributed by atoms with E-state index in [4.69, 9.17) is 13.9 Å². The summed E-state index contributed by atoms with van der Waals surface area (Å²) in [7, 11) is -1.82. The van der Waals surface area contributed by atoms with Gasteiger partial charge in [-0.15, -0.1) is 0 Å². The molecule has 2 aromatic rings. The Hall–Kier alpha value is -3.07. The third-order valence-electron chi connectivity index (χ3n) is 8.47. The Morgan fingerprint density at radius 2 is 2.02 bits per heavy atom. The number of ether oxygens (including phenoxy) is 2. The van der Waals surface area contributed by atoms with Crippen LogP contribution in [0.2, 0.25) is 0 Å². The Morgan fingerprint density at radius 1 is 1.27 bits per heavy atom.